The third-order valence-corrected chi connectivity index (χ3v) is 3.78. The number of nitrogens with zero attached hydrogens (tertiary/aromatic N) is 2. The maximum Gasteiger partial charge on any atom is 0.416 e. The molecule has 9 heteroatoms. The van der Waals surface area contributed by atoms with Gasteiger partial charge in [0.05, 0.1) is 5.56 Å². The Balaban J connectivity index is 0.000000262. The average Bonchev–Trinajstić information content (AvgIpc) is 2.73. The number of carbonyl (C=O) groups excluding carboxylic acids is 2. The molecule has 0 saturated heterocycles. The van der Waals surface area contributed by atoms with E-state index in [1.165, 1.54) is 24.5 Å². The molecule has 3 aromatic rings. The minimum atomic E-state index is -4.43. The molecule has 3 N–H and O–H groups in total. The number of anilines is 1. The fourth-order valence-corrected chi connectivity index (χ4v) is 2.26. The van der Waals surface area contributed by atoms with Crippen molar-refractivity contribution in [2.24, 2.45) is 5.73 Å². The summed E-state index contributed by atoms with van der Waals surface area (Å²) < 4.78 is 37.7. The van der Waals surface area contributed by atoms with Crippen molar-refractivity contribution < 1.29 is 22.8 Å². The predicted octanol–water partition coefficient (Wildman–Crippen LogP) is 4.24. The molecular weight excluding hydrogens is 409 g/mol. The minimum Gasteiger partial charge on any atom is -0.366 e. The van der Waals surface area contributed by atoms with Gasteiger partial charge in [0.1, 0.15) is 6.33 Å². The van der Waals surface area contributed by atoms with Gasteiger partial charge in [-0.05, 0) is 43.3 Å². The van der Waals surface area contributed by atoms with Gasteiger partial charge in [-0.25, -0.2) is 9.97 Å². The average molecular weight is 428 g/mol. The number of benzene rings is 2. The molecular formula is C22H19F3N4O2. The Morgan fingerprint density at radius 3 is 2.26 bits per heavy atom. The lowest BCUT2D eigenvalue weighted by Gasteiger charge is -2.10. The molecule has 6 nitrogen and oxygen atoms in total. The Morgan fingerprint density at radius 2 is 1.68 bits per heavy atom. The van der Waals surface area contributed by atoms with E-state index in [1.807, 2.05) is 6.92 Å². The molecule has 2 amide bonds. The molecule has 0 spiro atoms. The van der Waals surface area contributed by atoms with Gasteiger partial charge in [-0.15, -0.1) is 0 Å². The van der Waals surface area contributed by atoms with Crippen LogP contribution < -0.4 is 11.1 Å². The number of aryl methyl sites for hydroxylation is 1. The topological polar surface area (TPSA) is 98.0 Å². The zero-order valence-electron chi connectivity index (χ0n) is 16.4. The highest BCUT2D eigenvalue weighted by atomic mass is 19.4. The summed E-state index contributed by atoms with van der Waals surface area (Å²) in [6.45, 7) is 1.88. The summed E-state index contributed by atoms with van der Waals surface area (Å²) in [7, 11) is 0. The van der Waals surface area contributed by atoms with E-state index in [4.69, 9.17) is 5.73 Å². The van der Waals surface area contributed by atoms with E-state index >= 15 is 0 Å². The molecule has 0 bridgehead atoms. The van der Waals surface area contributed by atoms with Crippen molar-refractivity contribution in [3.8, 4) is 0 Å². The molecule has 0 atom stereocenters. The molecule has 160 valence electrons. The minimum absolute atomic E-state index is 0.116. The first kappa shape index (κ1) is 23.3. The van der Waals surface area contributed by atoms with Gasteiger partial charge >= 0.3 is 6.18 Å². The Morgan fingerprint density at radius 1 is 1.03 bits per heavy atom. The number of rotatable bonds is 4. The second-order valence-corrected chi connectivity index (χ2v) is 6.31. The van der Waals surface area contributed by atoms with E-state index in [1.54, 1.807) is 42.7 Å². The number of alkyl halides is 3. The van der Waals surface area contributed by atoms with Crippen molar-refractivity contribution in [3.05, 3.63) is 95.6 Å². The van der Waals surface area contributed by atoms with Crippen molar-refractivity contribution in [3.63, 3.8) is 0 Å². The first-order valence-corrected chi connectivity index (χ1v) is 8.93. The molecule has 0 fully saturated rings. The lowest BCUT2D eigenvalue weighted by molar-refractivity contribution is -0.137. The maximum absolute atomic E-state index is 12.6. The van der Waals surface area contributed by atoms with E-state index in [2.05, 4.69) is 15.3 Å². The highest BCUT2D eigenvalue weighted by Gasteiger charge is 2.30. The Kier molecular flexibility index (Phi) is 8.01. The van der Waals surface area contributed by atoms with E-state index in [-0.39, 0.29) is 5.69 Å². The third-order valence-electron chi connectivity index (χ3n) is 3.78. The lowest BCUT2D eigenvalue weighted by Crippen LogP contribution is -2.13. The van der Waals surface area contributed by atoms with Crippen LogP contribution in [-0.2, 0) is 11.0 Å². The van der Waals surface area contributed by atoms with Crippen LogP contribution in [0.4, 0.5) is 18.9 Å². The smallest absolute Gasteiger partial charge is 0.366 e. The number of amides is 2. The van der Waals surface area contributed by atoms with E-state index in [0.717, 1.165) is 23.3 Å². The molecule has 0 aliphatic carbocycles. The van der Waals surface area contributed by atoms with Crippen LogP contribution >= 0.6 is 0 Å². The fourth-order valence-electron chi connectivity index (χ4n) is 2.26. The molecule has 31 heavy (non-hydrogen) atoms. The number of hydrogen-bond donors (Lipinski definition) is 2. The van der Waals surface area contributed by atoms with Crippen molar-refractivity contribution in [1.82, 2.24) is 9.97 Å². The number of nitrogens with two attached hydrogens (primary N) is 1. The zero-order valence-corrected chi connectivity index (χ0v) is 16.4. The molecule has 0 saturated carbocycles. The summed E-state index contributed by atoms with van der Waals surface area (Å²) >= 11 is 0. The normalized spacial score (nSPS) is 10.8. The molecule has 0 radical (unpaired) electrons. The van der Waals surface area contributed by atoms with Gasteiger partial charge in [0.15, 0.2) is 0 Å². The van der Waals surface area contributed by atoms with E-state index in [0.29, 0.717) is 5.56 Å². The number of aromatic nitrogens is 2. The number of halogens is 3. The lowest BCUT2D eigenvalue weighted by atomic mass is 10.1. The van der Waals surface area contributed by atoms with Gasteiger partial charge < -0.3 is 11.1 Å². The molecule has 0 aliphatic rings. The van der Waals surface area contributed by atoms with Crippen molar-refractivity contribution in [1.29, 1.82) is 0 Å². The van der Waals surface area contributed by atoms with Crippen LogP contribution in [0.3, 0.4) is 0 Å². The van der Waals surface area contributed by atoms with Gasteiger partial charge in [0.25, 0.3) is 5.91 Å². The van der Waals surface area contributed by atoms with E-state index < -0.39 is 23.6 Å². The van der Waals surface area contributed by atoms with Crippen molar-refractivity contribution in [2.75, 3.05) is 5.32 Å². The first-order chi connectivity index (χ1) is 14.6. The second-order valence-electron chi connectivity index (χ2n) is 6.31. The number of hydrogen-bond acceptors (Lipinski definition) is 4. The van der Waals surface area contributed by atoms with Gasteiger partial charge in [0.2, 0.25) is 5.91 Å². The Hall–Kier alpha value is -4.01. The molecule has 3 rings (SSSR count). The van der Waals surface area contributed by atoms with Crippen LogP contribution in [0.2, 0.25) is 0 Å². The summed E-state index contributed by atoms with van der Waals surface area (Å²) in [6, 6.07) is 11.3. The van der Waals surface area contributed by atoms with Crippen LogP contribution in [0.15, 0.2) is 73.3 Å². The molecule has 2 aromatic carbocycles. The third kappa shape index (κ3) is 8.09. The van der Waals surface area contributed by atoms with Crippen LogP contribution in [0.5, 0.6) is 0 Å². The second kappa shape index (κ2) is 10.7. The quantitative estimate of drug-likeness (QED) is 0.608. The SMILES string of the molecule is Cc1ccc(C(=O)Nc2cccc(C(F)(F)F)c2)cc1.NC(=O)C=Cc1cncnc1. The van der Waals surface area contributed by atoms with Crippen LogP contribution in [0.1, 0.15) is 27.0 Å². The molecule has 1 aromatic heterocycles. The van der Waals surface area contributed by atoms with Gasteiger partial charge in [-0.2, -0.15) is 13.2 Å². The monoisotopic (exact) mass is 428 g/mol. The zero-order chi connectivity index (χ0) is 22.9. The first-order valence-electron chi connectivity index (χ1n) is 8.93. The fraction of sp³-hybridized carbons (Fsp3) is 0.0909. The van der Waals surface area contributed by atoms with Crippen LogP contribution in [0.25, 0.3) is 6.08 Å². The van der Waals surface area contributed by atoms with Crippen LogP contribution in [0, 0.1) is 6.92 Å². The largest absolute Gasteiger partial charge is 0.416 e. The van der Waals surface area contributed by atoms with Gasteiger partial charge in [-0.1, -0.05) is 23.8 Å². The maximum atomic E-state index is 12.6. The van der Waals surface area contributed by atoms with Gasteiger partial charge in [0, 0.05) is 35.3 Å². The standard InChI is InChI=1S/C15H12F3NO.C7H7N3O/c1-10-5-7-11(8-6-10)14(20)19-13-4-2-3-12(9-13)15(16,17)18;8-7(11)2-1-6-3-9-5-10-4-6/h2-9H,1H3,(H,19,20);1-5H,(H2,8,11). The molecule has 1 heterocycles. The molecule has 0 aliphatic heterocycles. The summed E-state index contributed by atoms with van der Waals surface area (Å²) in [4.78, 5) is 29.7. The summed E-state index contributed by atoms with van der Waals surface area (Å²) in [5.74, 6) is -0.918. The van der Waals surface area contributed by atoms with Crippen LogP contribution in [-0.4, -0.2) is 21.8 Å². The number of primary amides is 1. The molecule has 0 unspecified atom stereocenters. The number of carbonyl (C=O) groups is 2. The highest BCUT2D eigenvalue weighted by Crippen LogP contribution is 2.30. The van der Waals surface area contributed by atoms with Crippen molar-refractivity contribution >= 4 is 23.6 Å². The number of nitrogens with one attached hydrogen (secondary N) is 1. The Bertz CT molecular complexity index is 1050. The van der Waals surface area contributed by atoms with E-state index in [9.17, 15) is 22.8 Å². The summed E-state index contributed by atoms with van der Waals surface area (Å²) in [6.07, 6.45) is 2.99. The van der Waals surface area contributed by atoms with Gasteiger partial charge in [-0.3, -0.25) is 9.59 Å². The Labute approximate surface area is 176 Å². The highest BCUT2D eigenvalue weighted by molar-refractivity contribution is 6.04. The van der Waals surface area contributed by atoms with Crippen molar-refractivity contribution in [2.45, 2.75) is 13.1 Å². The summed E-state index contributed by atoms with van der Waals surface area (Å²) in [5, 5.41) is 2.45. The summed E-state index contributed by atoms with van der Waals surface area (Å²) in [5.41, 5.74) is 6.35. The predicted molar refractivity (Wildman–Crippen MR) is 111 cm³/mol.